The van der Waals surface area contributed by atoms with Gasteiger partial charge in [0.05, 0.1) is 11.3 Å². The molecule has 0 bridgehead atoms. The number of fused-ring (bicyclic) bond motifs is 1. The highest BCUT2D eigenvalue weighted by molar-refractivity contribution is 5.89. The Balaban J connectivity index is 2.14. The van der Waals surface area contributed by atoms with Gasteiger partial charge in [0, 0.05) is 11.6 Å². The molecule has 1 saturated carbocycles. The van der Waals surface area contributed by atoms with E-state index < -0.39 is 5.97 Å². The molecule has 1 N–H and O–H groups in total. The van der Waals surface area contributed by atoms with Crippen molar-refractivity contribution in [1.82, 2.24) is 4.98 Å². The van der Waals surface area contributed by atoms with Crippen LogP contribution < -0.4 is 0 Å². The van der Waals surface area contributed by atoms with Crippen molar-refractivity contribution in [1.29, 1.82) is 0 Å². The summed E-state index contributed by atoms with van der Waals surface area (Å²) in [5, 5.41) is 9.20. The van der Waals surface area contributed by atoms with Gasteiger partial charge < -0.3 is 5.11 Å². The summed E-state index contributed by atoms with van der Waals surface area (Å²) < 4.78 is 0. The van der Waals surface area contributed by atoms with Crippen molar-refractivity contribution >= 4 is 5.97 Å². The quantitative estimate of drug-likeness (QED) is 0.828. The normalized spacial score (nSPS) is 23.2. The molecule has 1 atom stereocenters. The largest absolute Gasteiger partial charge is 0.478 e. The number of aromatic nitrogens is 1. The molecule has 1 heterocycles. The predicted molar refractivity (Wildman–Crippen MR) is 59.9 cm³/mol. The molecule has 2 aliphatic carbocycles. The van der Waals surface area contributed by atoms with Gasteiger partial charge in [-0.1, -0.05) is 6.92 Å². The summed E-state index contributed by atoms with van der Waals surface area (Å²) in [7, 11) is 0. The lowest BCUT2D eigenvalue weighted by molar-refractivity contribution is 0.0695. The number of carboxylic acids is 1. The van der Waals surface area contributed by atoms with Crippen LogP contribution in [0.15, 0.2) is 6.07 Å². The lowest BCUT2D eigenvalue weighted by Gasteiger charge is -2.09. The van der Waals surface area contributed by atoms with Gasteiger partial charge in [-0.25, -0.2) is 4.79 Å². The summed E-state index contributed by atoms with van der Waals surface area (Å²) in [4.78, 5) is 15.8. The highest BCUT2D eigenvalue weighted by atomic mass is 16.4. The van der Waals surface area contributed by atoms with E-state index in [1.54, 1.807) is 0 Å². The molecule has 0 radical (unpaired) electrons. The number of hydrogen-bond acceptors (Lipinski definition) is 2. The third-order valence-electron chi connectivity index (χ3n) is 3.67. The van der Waals surface area contributed by atoms with Crippen molar-refractivity contribution in [2.24, 2.45) is 0 Å². The Morgan fingerprint density at radius 2 is 2.12 bits per heavy atom. The van der Waals surface area contributed by atoms with E-state index in [9.17, 15) is 9.90 Å². The molecule has 1 aromatic rings. The van der Waals surface area contributed by atoms with Crippen LogP contribution in [0.1, 0.15) is 65.3 Å². The molecule has 84 valence electrons. The Morgan fingerprint density at radius 1 is 1.38 bits per heavy atom. The van der Waals surface area contributed by atoms with Gasteiger partial charge >= 0.3 is 5.97 Å². The monoisotopic (exact) mass is 217 g/mol. The molecule has 3 heteroatoms. The van der Waals surface area contributed by atoms with E-state index >= 15 is 0 Å². The third-order valence-corrected chi connectivity index (χ3v) is 3.67. The molecule has 3 nitrogen and oxygen atoms in total. The van der Waals surface area contributed by atoms with Gasteiger partial charge in [0.1, 0.15) is 0 Å². The molecule has 16 heavy (non-hydrogen) atoms. The van der Waals surface area contributed by atoms with Crippen LogP contribution in [0.3, 0.4) is 0 Å². The van der Waals surface area contributed by atoms with Crippen molar-refractivity contribution in [3.8, 4) is 0 Å². The van der Waals surface area contributed by atoms with Crippen molar-refractivity contribution in [2.45, 2.75) is 44.4 Å². The van der Waals surface area contributed by atoms with Crippen molar-refractivity contribution in [3.05, 3.63) is 28.6 Å². The molecular weight excluding hydrogens is 202 g/mol. The number of aryl methyl sites for hydroxylation is 1. The van der Waals surface area contributed by atoms with Crippen LogP contribution in [-0.2, 0) is 6.42 Å². The van der Waals surface area contributed by atoms with Crippen molar-refractivity contribution < 1.29 is 9.90 Å². The zero-order valence-corrected chi connectivity index (χ0v) is 9.36. The summed E-state index contributed by atoms with van der Waals surface area (Å²) in [5.41, 5.74) is 3.57. The second-order valence-electron chi connectivity index (χ2n) is 4.98. The Labute approximate surface area is 94.5 Å². The highest BCUT2D eigenvalue weighted by Crippen LogP contribution is 2.43. The van der Waals surface area contributed by atoms with Gasteiger partial charge in [-0.05, 0) is 43.2 Å². The van der Waals surface area contributed by atoms with Crippen molar-refractivity contribution in [2.75, 3.05) is 0 Å². The molecule has 0 aliphatic heterocycles. The average Bonchev–Trinajstić information content (AvgIpc) is 3.03. The van der Waals surface area contributed by atoms with E-state index in [1.165, 1.54) is 0 Å². The van der Waals surface area contributed by atoms with Crippen LogP contribution >= 0.6 is 0 Å². The fourth-order valence-electron chi connectivity index (χ4n) is 2.56. The van der Waals surface area contributed by atoms with Crippen LogP contribution in [-0.4, -0.2) is 16.1 Å². The summed E-state index contributed by atoms with van der Waals surface area (Å²) in [6, 6.07) is 1.86. The first-order valence-electron chi connectivity index (χ1n) is 5.94. The summed E-state index contributed by atoms with van der Waals surface area (Å²) in [5.74, 6) is 0.0799. The lowest BCUT2D eigenvalue weighted by atomic mass is 10.0. The molecular formula is C13H15NO2. The Morgan fingerprint density at radius 3 is 2.75 bits per heavy atom. The smallest absolute Gasteiger partial charge is 0.337 e. The van der Waals surface area contributed by atoms with Crippen LogP contribution in [0.2, 0.25) is 0 Å². The fraction of sp³-hybridized carbons (Fsp3) is 0.538. The zero-order valence-electron chi connectivity index (χ0n) is 9.36. The maximum Gasteiger partial charge on any atom is 0.337 e. The van der Waals surface area contributed by atoms with Gasteiger partial charge in [0.2, 0.25) is 0 Å². The number of carboxylic acid groups (broad SMARTS) is 1. The molecule has 2 aliphatic rings. The average molecular weight is 217 g/mol. The van der Waals surface area contributed by atoms with E-state index in [4.69, 9.17) is 0 Å². The number of aromatic carboxylic acids is 1. The molecule has 0 spiro atoms. The van der Waals surface area contributed by atoms with E-state index in [1.807, 2.05) is 6.07 Å². The number of rotatable bonds is 2. The Bertz CT molecular complexity index is 463. The first-order chi connectivity index (χ1) is 7.66. The van der Waals surface area contributed by atoms with Gasteiger partial charge in [0.15, 0.2) is 0 Å². The Hall–Kier alpha value is -1.38. The van der Waals surface area contributed by atoms with Crippen LogP contribution in [0.25, 0.3) is 0 Å². The number of hydrogen-bond donors (Lipinski definition) is 1. The summed E-state index contributed by atoms with van der Waals surface area (Å²) in [6.07, 6.45) is 4.28. The van der Waals surface area contributed by atoms with Crippen LogP contribution in [0.5, 0.6) is 0 Å². The van der Waals surface area contributed by atoms with E-state index in [-0.39, 0.29) is 0 Å². The van der Waals surface area contributed by atoms with Gasteiger partial charge in [0.25, 0.3) is 0 Å². The second-order valence-corrected chi connectivity index (χ2v) is 4.98. The standard InChI is InChI=1S/C13H15NO2/c1-7-2-3-9-6-10(13(15)16)12(8-4-5-8)14-11(7)9/h6-8H,2-5H2,1H3,(H,15,16). The molecule has 0 amide bonds. The zero-order chi connectivity index (χ0) is 11.3. The van der Waals surface area contributed by atoms with E-state index in [2.05, 4.69) is 11.9 Å². The lowest BCUT2D eigenvalue weighted by Crippen LogP contribution is -2.07. The molecule has 0 saturated heterocycles. The topological polar surface area (TPSA) is 50.2 Å². The molecule has 1 fully saturated rings. The maximum atomic E-state index is 11.2. The fourth-order valence-corrected chi connectivity index (χ4v) is 2.56. The number of pyridine rings is 1. The SMILES string of the molecule is CC1CCc2cc(C(=O)O)c(C3CC3)nc21. The second kappa shape index (κ2) is 3.30. The summed E-state index contributed by atoms with van der Waals surface area (Å²) in [6.45, 7) is 2.18. The van der Waals surface area contributed by atoms with Gasteiger partial charge in [-0.15, -0.1) is 0 Å². The number of nitrogens with zero attached hydrogens (tertiary/aromatic N) is 1. The predicted octanol–water partition coefficient (Wildman–Crippen LogP) is 2.71. The van der Waals surface area contributed by atoms with Gasteiger partial charge in [-0.3, -0.25) is 4.98 Å². The third kappa shape index (κ3) is 1.42. The molecule has 1 aromatic heterocycles. The van der Waals surface area contributed by atoms with Crippen molar-refractivity contribution in [3.63, 3.8) is 0 Å². The minimum absolute atomic E-state index is 0.407. The minimum atomic E-state index is -0.822. The minimum Gasteiger partial charge on any atom is -0.478 e. The van der Waals surface area contributed by atoms with Crippen LogP contribution in [0.4, 0.5) is 0 Å². The molecule has 1 unspecified atom stereocenters. The van der Waals surface area contributed by atoms with Gasteiger partial charge in [-0.2, -0.15) is 0 Å². The Kier molecular flexibility index (Phi) is 2.03. The summed E-state index contributed by atoms with van der Waals surface area (Å²) >= 11 is 0. The number of carbonyl (C=O) groups is 1. The highest BCUT2D eigenvalue weighted by Gasteiger charge is 2.32. The molecule has 0 aromatic carbocycles. The van der Waals surface area contributed by atoms with E-state index in [0.717, 1.165) is 42.6 Å². The van der Waals surface area contributed by atoms with E-state index in [0.29, 0.717) is 17.4 Å². The molecule has 3 rings (SSSR count). The first kappa shape index (κ1) is 9.82. The van der Waals surface area contributed by atoms with Crippen LogP contribution in [0, 0.1) is 0 Å². The first-order valence-corrected chi connectivity index (χ1v) is 5.94. The maximum absolute atomic E-state index is 11.2.